The molecule has 0 saturated heterocycles. The Balaban J connectivity index is 2.84. The molecule has 0 aliphatic carbocycles. The van der Waals surface area contributed by atoms with Gasteiger partial charge in [0.05, 0.1) is 10.6 Å². The Bertz CT molecular complexity index is 365. The molecule has 0 spiro atoms. The summed E-state index contributed by atoms with van der Waals surface area (Å²) in [5.74, 6) is 0. The zero-order valence-corrected chi connectivity index (χ0v) is 12.8. The van der Waals surface area contributed by atoms with E-state index >= 15 is 0 Å². The summed E-state index contributed by atoms with van der Waals surface area (Å²) in [6.45, 7) is 13.5. The molecule has 0 fully saturated rings. The highest BCUT2D eigenvalue weighted by Gasteiger charge is 2.26. The van der Waals surface area contributed by atoms with Crippen LogP contribution in [0.2, 0.25) is 0 Å². The Kier molecular flexibility index (Phi) is 5.96. The second-order valence-electron chi connectivity index (χ2n) is 5.57. The van der Waals surface area contributed by atoms with Crippen molar-refractivity contribution in [3.05, 3.63) is 23.2 Å². The molecule has 1 rings (SSSR count). The van der Waals surface area contributed by atoms with Crippen molar-refractivity contribution in [1.82, 2.24) is 14.9 Å². The maximum atomic E-state index is 4.33. The van der Waals surface area contributed by atoms with Crippen LogP contribution in [0, 0.1) is 0 Å². The molecular weight excluding hydrogens is 242 g/mol. The minimum Gasteiger partial charge on any atom is -0.309 e. The molecule has 1 heterocycles. The first-order valence-electron chi connectivity index (χ1n) is 6.67. The third kappa shape index (κ3) is 4.18. The van der Waals surface area contributed by atoms with Gasteiger partial charge in [0.15, 0.2) is 0 Å². The smallest absolute Gasteiger partial charge is 0.0857 e. The zero-order valence-electron chi connectivity index (χ0n) is 12.0. The maximum Gasteiger partial charge on any atom is 0.0857 e. The summed E-state index contributed by atoms with van der Waals surface area (Å²) < 4.78 is 4.15. The van der Waals surface area contributed by atoms with Crippen molar-refractivity contribution in [2.75, 3.05) is 6.54 Å². The summed E-state index contributed by atoms with van der Waals surface area (Å²) in [4.78, 5) is 1.30. The lowest BCUT2D eigenvalue weighted by atomic mass is 9.89. The van der Waals surface area contributed by atoms with E-state index in [4.69, 9.17) is 0 Å². The van der Waals surface area contributed by atoms with Crippen LogP contribution < -0.4 is 5.32 Å². The molecule has 0 saturated carbocycles. The number of allylic oxidation sites excluding steroid dienone is 1. The van der Waals surface area contributed by atoms with E-state index in [-0.39, 0.29) is 5.41 Å². The van der Waals surface area contributed by atoms with Crippen molar-refractivity contribution in [2.24, 2.45) is 0 Å². The number of unbranched alkanes of at least 4 members (excludes halogenated alkanes) is 1. The number of aromatic nitrogens is 2. The van der Waals surface area contributed by atoms with Crippen LogP contribution in [0.15, 0.2) is 12.7 Å². The number of nitrogens with zero attached hydrogens (tertiary/aromatic N) is 2. The largest absolute Gasteiger partial charge is 0.309 e. The van der Waals surface area contributed by atoms with Gasteiger partial charge in [-0.3, -0.25) is 0 Å². The average Bonchev–Trinajstić information content (AvgIpc) is 2.76. The summed E-state index contributed by atoms with van der Waals surface area (Å²) in [5.41, 5.74) is 1.20. The van der Waals surface area contributed by atoms with Gasteiger partial charge >= 0.3 is 0 Å². The molecule has 0 aliphatic rings. The van der Waals surface area contributed by atoms with Crippen LogP contribution >= 0.6 is 11.5 Å². The summed E-state index contributed by atoms with van der Waals surface area (Å²) in [6.07, 6.45) is 5.33. The average molecular weight is 267 g/mol. The first-order valence-corrected chi connectivity index (χ1v) is 7.45. The van der Waals surface area contributed by atoms with Gasteiger partial charge in [0.25, 0.3) is 0 Å². The molecule has 0 aromatic carbocycles. The fourth-order valence-corrected chi connectivity index (χ4v) is 2.96. The SMILES string of the molecule is C=CCCCC(NCC)c1snnc1C(C)(C)C. The maximum absolute atomic E-state index is 4.33. The predicted octanol–water partition coefficient (Wildman–Crippen LogP) is 3.84. The van der Waals surface area contributed by atoms with Crippen molar-refractivity contribution < 1.29 is 0 Å². The standard InChI is InChI=1S/C14H25N3S/c1-6-8-9-10-11(15-7-2)12-13(14(3,4)5)16-17-18-12/h6,11,15H,1,7-10H2,2-5H3. The highest BCUT2D eigenvalue weighted by atomic mass is 32.1. The summed E-state index contributed by atoms with van der Waals surface area (Å²) in [6, 6.07) is 0.379. The van der Waals surface area contributed by atoms with Crippen molar-refractivity contribution in [2.45, 2.75) is 58.4 Å². The molecule has 1 aromatic heterocycles. The highest BCUT2D eigenvalue weighted by Crippen LogP contribution is 2.32. The highest BCUT2D eigenvalue weighted by molar-refractivity contribution is 7.05. The fraction of sp³-hybridized carbons (Fsp3) is 0.714. The Morgan fingerprint density at radius 3 is 2.72 bits per heavy atom. The van der Waals surface area contributed by atoms with Gasteiger partial charge in [-0.25, -0.2) is 0 Å². The minimum absolute atomic E-state index is 0.0639. The molecule has 1 N–H and O–H groups in total. The van der Waals surface area contributed by atoms with Gasteiger partial charge in [-0.05, 0) is 37.3 Å². The molecule has 18 heavy (non-hydrogen) atoms. The predicted molar refractivity (Wildman–Crippen MR) is 79.1 cm³/mol. The van der Waals surface area contributed by atoms with E-state index < -0.39 is 0 Å². The molecule has 1 unspecified atom stereocenters. The Morgan fingerprint density at radius 2 is 2.17 bits per heavy atom. The van der Waals surface area contributed by atoms with Crippen molar-refractivity contribution >= 4 is 11.5 Å². The van der Waals surface area contributed by atoms with Crippen molar-refractivity contribution in [3.63, 3.8) is 0 Å². The van der Waals surface area contributed by atoms with E-state index in [1.54, 1.807) is 0 Å². The molecular formula is C14H25N3S. The minimum atomic E-state index is 0.0639. The van der Waals surface area contributed by atoms with Crippen LogP contribution in [0.5, 0.6) is 0 Å². The Morgan fingerprint density at radius 1 is 1.44 bits per heavy atom. The molecule has 102 valence electrons. The van der Waals surface area contributed by atoms with Gasteiger partial charge < -0.3 is 5.32 Å². The zero-order chi connectivity index (χ0) is 13.6. The first-order chi connectivity index (χ1) is 8.50. The third-order valence-corrected chi connectivity index (χ3v) is 3.73. The van der Waals surface area contributed by atoms with Crippen LogP contribution in [-0.4, -0.2) is 16.1 Å². The van der Waals surface area contributed by atoms with Crippen LogP contribution in [0.3, 0.4) is 0 Å². The lowest BCUT2D eigenvalue weighted by Gasteiger charge is -2.22. The first kappa shape index (κ1) is 15.3. The summed E-state index contributed by atoms with van der Waals surface area (Å²) in [7, 11) is 0. The van der Waals surface area contributed by atoms with Gasteiger partial charge in [0.2, 0.25) is 0 Å². The molecule has 1 aromatic rings. The third-order valence-electron chi connectivity index (χ3n) is 2.89. The topological polar surface area (TPSA) is 37.8 Å². The van der Waals surface area contributed by atoms with E-state index in [1.165, 1.54) is 16.4 Å². The van der Waals surface area contributed by atoms with Gasteiger partial charge in [-0.2, -0.15) is 0 Å². The van der Waals surface area contributed by atoms with Crippen LogP contribution in [-0.2, 0) is 5.41 Å². The molecule has 0 bridgehead atoms. The van der Waals surface area contributed by atoms with Crippen molar-refractivity contribution in [3.8, 4) is 0 Å². The number of hydrogen-bond acceptors (Lipinski definition) is 4. The van der Waals surface area contributed by atoms with E-state index in [2.05, 4.69) is 49.2 Å². The molecule has 0 aliphatic heterocycles. The lowest BCUT2D eigenvalue weighted by Crippen LogP contribution is -2.24. The monoisotopic (exact) mass is 267 g/mol. The second-order valence-corrected chi connectivity index (χ2v) is 6.35. The Labute approximate surface area is 115 Å². The quantitative estimate of drug-likeness (QED) is 0.602. The van der Waals surface area contributed by atoms with E-state index in [0.29, 0.717) is 6.04 Å². The van der Waals surface area contributed by atoms with Gasteiger partial charge in [0.1, 0.15) is 0 Å². The molecule has 1 atom stereocenters. The van der Waals surface area contributed by atoms with Crippen LogP contribution in [0.25, 0.3) is 0 Å². The van der Waals surface area contributed by atoms with E-state index in [0.717, 1.165) is 31.5 Å². The van der Waals surface area contributed by atoms with Gasteiger partial charge in [-0.15, -0.1) is 11.7 Å². The molecule has 0 amide bonds. The molecule has 0 radical (unpaired) electrons. The number of hydrogen-bond donors (Lipinski definition) is 1. The van der Waals surface area contributed by atoms with Crippen LogP contribution in [0.4, 0.5) is 0 Å². The van der Waals surface area contributed by atoms with Gasteiger partial charge in [0, 0.05) is 11.5 Å². The second kappa shape index (κ2) is 7.00. The fourth-order valence-electron chi connectivity index (χ4n) is 1.98. The number of rotatable bonds is 7. The van der Waals surface area contributed by atoms with Crippen molar-refractivity contribution in [1.29, 1.82) is 0 Å². The summed E-state index contributed by atoms with van der Waals surface area (Å²) in [5, 5.41) is 7.88. The summed E-state index contributed by atoms with van der Waals surface area (Å²) >= 11 is 1.53. The lowest BCUT2D eigenvalue weighted by molar-refractivity contribution is 0.484. The van der Waals surface area contributed by atoms with Gasteiger partial charge in [-0.1, -0.05) is 38.3 Å². The normalized spacial score (nSPS) is 13.6. The Hall–Kier alpha value is -0.740. The molecule has 3 nitrogen and oxygen atoms in total. The van der Waals surface area contributed by atoms with Crippen LogP contribution in [0.1, 0.15) is 63.6 Å². The number of nitrogens with one attached hydrogen (secondary N) is 1. The van der Waals surface area contributed by atoms with E-state index in [9.17, 15) is 0 Å². The molecule has 4 heteroatoms. The van der Waals surface area contributed by atoms with E-state index in [1.807, 2.05) is 6.08 Å².